The van der Waals surface area contributed by atoms with Gasteiger partial charge in [0.05, 0.1) is 5.56 Å². The third kappa shape index (κ3) is 3.70. The number of hydrogen-bond donors (Lipinski definition) is 0. The van der Waals surface area contributed by atoms with E-state index < -0.39 is 11.7 Å². The van der Waals surface area contributed by atoms with Crippen molar-refractivity contribution in [2.75, 3.05) is 13.6 Å². The predicted octanol–water partition coefficient (Wildman–Crippen LogP) is 5.03. The molecule has 23 heavy (non-hydrogen) atoms. The first-order valence-corrected chi connectivity index (χ1v) is 8.26. The van der Waals surface area contributed by atoms with Gasteiger partial charge in [0, 0.05) is 34.8 Å². The number of aryl methyl sites for hydroxylation is 1. The number of benzene rings is 1. The molecule has 1 aliphatic rings. The van der Waals surface area contributed by atoms with Gasteiger partial charge in [-0.2, -0.15) is 13.2 Å². The van der Waals surface area contributed by atoms with Crippen molar-refractivity contribution >= 4 is 11.3 Å². The summed E-state index contributed by atoms with van der Waals surface area (Å²) < 4.78 is 43.9. The molecule has 124 valence electrons. The Balaban J connectivity index is 1.82. The Morgan fingerprint density at radius 3 is 2.57 bits per heavy atom. The van der Waals surface area contributed by atoms with Crippen molar-refractivity contribution < 1.29 is 17.9 Å². The van der Waals surface area contributed by atoms with E-state index in [1.54, 1.807) is 11.3 Å². The van der Waals surface area contributed by atoms with Gasteiger partial charge in [0.1, 0.15) is 11.9 Å². The molecule has 0 spiro atoms. The fraction of sp³-hybridized carbons (Fsp3) is 0.412. The van der Waals surface area contributed by atoms with Gasteiger partial charge < -0.3 is 9.64 Å². The van der Waals surface area contributed by atoms with E-state index in [0.29, 0.717) is 5.75 Å². The van der Waals surface area contributed by atoms with Crippen molar-refractivity contribution in [2.45, 2.75) is 32.2 Å². The van der Waals surface area contributed by atoms with Gasteiger partial charge in [-0.1, -0.05) is 0 Å². The van der Waals surface area contributed by atoms with Gasteiger partial charge in [-0.25, -0.2) is 0 Å². The second-order valence-electron chi connectivity index (χ2n) is 5.89. The van der Waals surface area contributed by atoms with E-state index in [1.165, 1.54) is 21.9 Å². The van der Waals surface area contributed by atoms with Crippen LogP contribution in [0.15, 0.2) is 30.3 Å². The number of rotatable bonds is 2. The van der Waals surface area contributed by atoms with Crippen LogP contribution < -0.4 is 4.74 Å². The van der Waals surface area contributed by atoms with E-state index in [1.807, 2.05) is 0 Å². The smallest absolute Gasteiger partial charge is 0.416 e. The zero-order valence-electron chi connectivity index (χ0n) is 13.0. The maximum Gasteiger partial charge on any atom is 0.416 e. The standard InChI is InChI=1S/C17H18F3NOS/c1-11-9-14-15(7-8-21(2)10-16(14)23-11)22-13-5-3-12(4-6-13)17(18,19)20/h3-6,9,15H,7-8,10H2,1-2H3. The Bertz CT molecular complexity index is 678. The molecule has 1 aliphatic heterocycles. The van der Waals surface area contributed by atoms with Crippen LogP contribution in [0.4, 0.5) is 13.2 Å². The molecule has 0 N–H and O–H groups in total. The zero-order chi connectivity index (χ0) is 16.6. The van der Waals surface area contributed by atoms with Crippen molar-refractivity contribution in [3.63, 3.8) is 0 Å². The summed E-state index contributed by atoms with van der Waals surface area (Å²) in [5, 5.41) is 0. The highest BCUT2D eigenvalue weighted by molar-refractivity contribution is 7.12. The topological polar surface area (TPSA) is 12.5 Å². The third-order valence-electron chi connectivity index (χ3n) is 3.96. The second kappa shape index (κ2) is 6.17. The van der Waals surface area contributed by atoms with E-state index in [2.05, 4.69) is 24.9 Å². The second-order valence-corrected chi connectivity index (χ2v) is 7.23. The molecule has 2 aromatic rings. The molecule has 1 aromatic heterocycles. The minimum absolute atomic E-state index is 0.114. The lowest BCUT2D eigenvalue weighted by atomic mass is 10.1. The van der Waals surface area contributed by atoms with Gasteiger partial charge in [-0.3, -0.25) is 0 Å². The molecule has 0 saturated heterocycles. The van der Waals surface area contributed by atoms with E-state index in [-0.39, 0.29) is 6.10 Å². The Morgan fingerprint density at radius 2 is 1.91 bits per heavy atom. The number of fused-ring (bicyclic) bond motifs is 1. The first kappa shape index (κ1) is 16.3. The molecule has 0 bridgehead atoms. The zero-order valence-corrected chi connectivity index (χ0v) is 13.8. The Morgan fingerprint density at radius 1 is 1.22 bits per heavy atom. The van der Waals surface area contributed by atoms with Crippen LogP contribution in [0.1, 0.15) is 33.4 Å². The van der Waals surface area contributed by atoms with Gasteiger partial charge in [0.25, 0.3) is 0 Å². The maximum absolute atomic E-state index is 12.6. The summed E-state index contributed by atoms with van der Waals surface area (Å²) in [5.41, 5.74) is 0.509. The molecule has 2 heterocycles. The van der Waals surface area contributed by atoms with Crippen LogP contribution in [0.2, 0.25) is 0 Å². The van der Waals surface area contributed by atoms with Crippen molar-refractivity contribution in [1.82, 2.24) is 4.90 Å². The van der Waals surface area contributed by atoms with Crippen LogP contribution in [0.5, 0.6) is 5.75 Å². The van der Waals surface area contributed by atoms with E-state index in [4.69, 9.17) is 4.74 Å². The highest BCUT2D eigenvalue weighted by Gasteiger charge is 2.30. The maximum atomic E-state index is 12.6. The van der Waals surface area contributed by atoms with Crippen molar-refractivity contribution in [3.05, 3.63) is 51.2 Å². The third-order valence-corrected chi connectivity index (χ3v) is 5.01. The summed E-state index contributed by atoms with van der Waals surface area (Å²) in [7, 11) is 2.07. The lowest BCUT2D eigenvalue weighted by Gasteiger charge is -2.19. The number of ether oxygens (including phenoxy) is 1. The highest BCUT2D eigenvalue weighted by Crippen LogP contribution is 2.36. The monoisotopic (exact) mass is 341 g/mol. The molecule has 1 unspecified atom stereocenters. The molecule has 0 fully saturated rings. The van der Waals surface area contributed by atoms with Crippen LogP contribution in [-0.2, 0) is 12.7 Å². The van der Waals surface area contributed by atoms with E-state index in [9.17, 15) is 13.2 Å². The fourth-order valence-corrected chi connectivity index (χ4v) is 3.97. The number of halogens is 3. The number of thiophene rings is 1. The van der Waals surface area contributed by atoms with Crippen molar-refractivity contribution in [3.8, 4) is 5.75 Å². The summed E-state index contributed by atoms with van der Waals surface area (Å²) in [6.45, 7) is 3.85. The molecule has 1 atom stereocenters. The van der Waals surface area contributed by atoms with Crippen LogP contribution in [0.25, 0.3) is 0 Å². The van der Waals surface area contributed by atoms with E-state index >= 15 is 0 Å². The van der Waals surface area contributed by atoms with Crippen LogP contribution >= 0.6 is 11.3 Å². The van der Waals surface area contributed by atoms with Gasteiger partial charge >= 0.3 is 6.18 Å². The Hall–Kier alpha value is -1.53. The van der Waals surface area contributed by atoms with Crippen molar-refractivity contribution in [2.24, 2.45) is 0 Å². The average Bonchev–Trinajstić information content (AvgIpc) is 2.77. The summed E-state index contributed by atoms with van der Waals surface area (Å²) in [5.74, 6) is 0.474. The minimum Gasteiger partial charge on any atom is -0.486 e. The molecular weight excluding hydrogens is 323 g/mol. The summed E-state index contributed by atoms with van der Waals surface area (Å²) in [6.07, 6.45) is -3.61. The quantitative estimate of drug-likeness (QED) is 0.759. The molecule has 0 amide bonds. The molecular formula is C17H18F3NOS. The van der Waals surface area contributed by atoms with Crippen LogP contribution in [-0.4, -0.2) is 18.5 Å². The lowest BCUT2D eigenvalue weighted by Crippen LogP contribution is -2.18. The molecule has 6 heteroatoms. The lowest BCUT2D eigenvalue weighted by molar-refractivity contribution is -0.137. The molecule has 1 aromatic carbocycles. The first-order valence-electron chi connectivity index (χ1n) is 7.44. The highest BCUT2D eigenvalue weighted by atomic mass is 32.1. The van der Waals surface area contributed by atoms with Gasteiger partial charge in [-0.15, -0.1) is 11.3 Å². The summed E-state index contributed by atoms with van der Waals surface area (Å²) in [4.78, 5) is 4.75. The minimum atomic E-state index is -4.32. The first-order chi connectivity index (χ1) is 10.8. The fourth-order valence-electron chi connectivity index (χ4n) is 2.80. The van der Waals surface area contributed by atoms with Crippen LogP contribution in [0, 0.1) is 6.92 Å². The van der Waals surface area contributed by atoms with Gasteiger partial charge in [-0.05, 0) is 44.3 Å². The summed E-state index contributed by atoms with van der Waals surface area (Å²) in [6, 6.07) is 7.07. The van der Waals surface area contributed by atoms with Gasteiger partial charge in [0.2, 0.25) is 0 Å². The van der Waals surface area contributed by atoms with Crippen molar-refractivity contribution in [1.29, 1.82) is 0 Å². The molecule has 0 aliphatic carbocycles. The normalized spacial score (nSPS) is 19.3. The molecule has 0 saturated carbocycles. The SMILES string of the molecule is Cc1cc2c(s1)CN(C)CCC2Oc1ccc(C(F)(F)F)cc1. The average molecular weight is 341 g/mol. The van der Waals surface area contributed by atoms with E-state index in [0.717, 1.165) is 37.2 Å². The largest absolute Gasteiger partial charge is 0.486 e. The van der Waals surface area contributed by atoms with Gasteiger partial charge in [0.15, 0.2) is 0 Å². The molecule has 2 nitrogen and oxygen atoms in total. The Labute approximate surface area is 137 Å². The molecule has 3 rings (SSSR count). The van der Waals surface area contributed by atoms with Crippen LogP contribution in [0.3, 0.4) is 0 Å². The number of nitrogens with zero attached hydrogens (tertiary/aromatic N) is 1. The Kier molecular flexibility index (Phi) is 4.38. The number of alkyl halides is 3. The molecule has 0 radical (unpaired) electrons. The summed E-state index contributed by atoms with van der Waals surface area (Å²) >= 11 is 1.76. The predicted molar refractivity (Wildman–Crippen MR) is 84.8 cm³/mol. The number of hydrogen-bond acceptors (Lipinski definition) is 3.